The molecule has 0 heterocycles. The van der Waals surface area contributed by atoms with Gasteiger partial charge in [-0.3, -0.25) is 4.72 Å². The molecule has 0 saturated heterocycles. The number of anilines is 1. The molecule has 0 radical (unpaired) electrons. The quantitative estimate of drug-likeness (QED) is 0.910. The van der Waals surface area contributed by atoms with Crippen molar-refractivity contribution in [3.63, 3.8) is 0 Å². The van der Waals surface area contributed by atoms with E-state index in [1.807, 2.05) is 0 Å². The second kappa shape index (κ2) is 5.56. The average Bonchev–Trinajstić information content (AvgIpc) is 2.40. The van der Waals surface area contributed by atoms with Crippen LogP contribution in [-0.2, 0) is 16.6 Å². The normalized spacial score (nSPS) is 11.3. The maximum absolute atomic E-state index is 13.7. The fourth-order valence-electron chi connectivity index (χ4n) is 1.59. The van der Waals surface area contributed by atoms with Gasteiger partial charge in [-0.05, 0) is 42.0 Å². The van der Waals surface area contributed by atoms with Crippen molar-refractivity contribution in [1.29, 1.82) is 0 Å². The highest BCUT2D eigenvalue weighted by atomic mass is 32.2. The van der Waals surface area contributed by atoms with Crippen LogP contribution in [0.4, 0.5) is 14.5 Å². The van der Waals surface area contributed by atoms with Gasteiger partial charge in [0.25, 0.3) is 10.0 Å². The van der Waals surface area contributed by atoms with E-state index < -0.39 is 26.6 Å². The molecule has 20 heavy (non-hydrogen) atoms. The third-order valence-corrected chi connectivity index (χ3v) is 3.98. The van der Waals surface area contributed by atoms with Gasteiger partial charge in [-0.1, -0.05) is 6.07 Å². The maximum Gasteiger partial charge on any atom is 0.264 e. The molecule has 0 aliphatic heterocycles. The standard InChI is InChI=1S/C13H11F2NO3S/c14-10-2-4-11(5-3-10)16-20(18,19)13-6-1-9(8-17)7-12(13)15/h1-7,16-17H,8H2. The van der Waals surface area contributed by atoms with Crippen molar-refractivity contribution in [1.82, 2.24) is 0 Å². The fraction of sp³-hybridized carbons (Fsp3) is 0.0769. The van der Waals surface area contributed by atoms with E-state index in [0.717, 1.165) is 24.3 Å². The molecule has 106 valence electrons. The van der Waals surface area contributed by atoms with Crippen molar-refractivity contribution in [2.24, 2.45) is 0 Å². The van der Waals surface area contributed by atoms with Crippen molar-refractivity contribution in [2.75, 3.05) is 4.72 Å². The Morgan fingerprint density at radius 3 is 2.25 bits per heavy atom. The number of aliphatic hydroxyl groups is 1. The summed E-state index contributed by atoms with van der Waals surface area (Å²) in [5, 5.41) is 8.85. The lowest BCUT2D eigenvalue weighted by atomic mass is 10.2. The van der Waals surface area contributed by atoms with Crippen molar-refractivity contribution < 1.29 is 22.3 Å². The maximum atomic E-state index is 13.7. The minimum absolute atomic E-state index is 0.122. The predicted molar refractivity (Wildman–Crippen MR) is 69.5 cm³/mol. The van der Waals surface area contributed by atoms with Gasteiger partial charge in [0.15, 0.2) is 0 Å². The van der Waals surface area contributed by atoms with E-state index in [4.69, 9.17) is 5.11 Å². The molecule has 2 rings (SSSR count). The van der Waals surface area contributed by atoms with Gasteiger partial charge in [0.2, 0.25) is 0 Å². The van der Waals surface area contributed by atoms with E-state index in [2.05, 4.69) is 4.72 Å². The van der Waals surface area contributed by atoms with Gasteiger partial charge in [-0.25, -0.2) is 17.2 Å². The minimum Gasteiger partial charge on any atom is -0.392 e. The number of halogens is 2. The van der Waals surface area contributed by atoms with E-state index in [1.54, 1.807) is 0 Å². The number of hydrogen-bond acceptors (Lipinski definition) is 3. The number of rotatable bonds is 4. The first-order chi connectivity index (χ1) is 9.42. The van der Waals surface area contributed by atoms with Gasteiger partial charge in [0.1, 0.15) is 16.5 Å². The molecular weight excluding hydrogens is 288 g/mol. The van der Waals surface area contributed by atoms with Crippen LogP contribution in [0.1, 0.15) is 5.56 Å². The van der Waals surface area contributed by atoms with Gasteiger partial charge in [-0.2, -0.15) is 0 Å². The van der Waals surface area contributed by atoms with Crippen molar-refractivity contribution in [3.05, 3.63) is 59.7 Å². The first-order valence-electron chi connectivity index (χ1n) is 5.60. The van der Waals surface area contributed by atoms with E-state index in [1.165, 1.54) is 18.2 Å². The van der Waals surface area contributed by atoms with Crippen molar-refractivity contribution in [3.8, 4) is 0 Å². The summed E-state index contributed by atoms with van der Waals surface area (Å²) in [4.78, 5) is -0.543. The van der Waals surface area contributed by atoms with Crippen LogP contribution in [0.25, 0.3) is 0 Å². The van der Waals surface area contributed by atoms with Crippen LogP contribution in [0.5, 0.6) is 0 Å². The van der Waals surface area contributed by atoms with Crippen LogP contribution in [0.2, 0.25) is 0 Å². The number of aliphatic hydroxyl groups excluding tert-OH is 1. The summed E-state index contributed by atoms with van der Waals surface area (Å²) >= 11 is 0. The zero-order chi connectivity index (χ0) is 14.8. The van der Waals surface area contributed by atoms with Gasteiger partial charge >= 0.3 is 0 Å². The Kier molecular flexibility index (Phi) is 4.01. The van der Waals surface area contributed by atoms with Crippen LogP contribution in [0.3, 0.4) is 0 Å². The fourth-order valence-corrected chi connectivity index (χ4v) is 2.71. The SMILES string of the molecule is O=S(=O)(Nc1ccc(F)cc1)c1ccc(CO)cc1F. The molecule has 0 saturated carbocycles. The highest BCUT2D eigenvalue weighted by Crippen LogP contribution is 2.20. The summed E-state index contributed by atoms with van der Waals surface area (Å²) in [6.07, 6.45) is 0. The van der Waals surface area contributed by atoms with Crippen molar-refractivity contribution in [2.45, 2.75) is 11.5 Å². The molecule has 0 fully saturated rings. The van der Waals surface area contributed by atoms with Gasteiger partial charge < -0.3 is 5.11 Å². The van der Waals surface area contributed by atoms with Gasteiger partial charge in [0, 0.05) is 5.69 Å². The van der Waals surface area contributed by atoms with Gasteiger partial charge in [-0.15, -0.1) is 0 Å². The van der Waals surface area contributed by atoms with Crippen LogP contribution in [0.15, 0.2) is 47.4 Å². The monoisotopic (exact) mass is 299 g/mol. The molecule has 0 bridgehead atoms. The summed E-state index contributed by atoms with van der Waals surface area (Å²) in [7, 11) is -4.11. The largest absolute Gasteiger partial charge is 0.392 e. The minimum atomic E-state index is -4.11. The molecular formula is C13H11F2NO3S. The molecule has 0 aliphatic rings. The van der Waals surface area contributed by atoms with Crippen LogP contribution in [0, 0.1) is 11.6 Å². The molecule has 0 amide bonds. The Morgan fingerprint density at radius 1 is 1.05 bits per heavy atom. The molecule has 0 aliphatic carbocycles. The average molecular weight is 299 g/mol. The molecule has 4 nitrogen and oxygen atoms in total. The molecule has 0 aromatic heterocycles. The third kappa shape index (κ3) is 3.12. The number of benzene rings is 2. The highest BCUT2D eigenvalue weighted by Gasteiger charge is 2.19. The lowest BCUT2D eigenvalue weighted by Gasteiger charge is -2.09. The first kappa shape index (κ1) is 14.4. The molecule has 0 spiro atoms. The molecule has 2 N–H and O–H groups in total. The number of sulfonamides is 1. The Bertz CT molecular complexity index is 715. The summed E-state index contributed by atoms with van der Waals surface area (Å²) in [5.74, 6) is -1.47. The third-order valence-electron chi connectivity index (χ3n) is 2.56. The smallest absolute Gasteiger partial charge is 0.264 e. The summed E-state index contributed by atoms with van der Waals surface area (Å²) < 4.78 is 52.6. The van der Waals surface area contributed by atoms with Crippen LogP contribution >= 0.6 is 0 Å². The Hall–Kier alpha value is -1.99. The molecule has 2 aromatic rings. The number of hydrogen-bond donors (Lipinski definition) is 2. The molecule has 2 aromatic carbocycles. The zero-order valence-electron chi connectivity index (χ0n) is 10.2. The van der Waals surface area contributed by atoms with E-state index in [0.29, 0.717) is 0 Å². The molecule has 0 unspecified atom stereocenters. The zero-order valence-corrected chi connectivity index (χ0v) is 11.0. The van der Waals surface area contributed by atoms with E-state index in [9.17, 15) is 17.2 Å². The second-order valence-electron chi connectivity index (χ2n) is 4.04. The Morgan fingerprint density at radius 2 is 1.70 bits per heavy atom. The predicted octanol–water partition coefficient (Wildman–Crippen LogP) is 2.26. The Labute approximate surface area is 114 Å². The van der Waals surface area contributed by atoms with Crippen LogP contribution < -0.4 is 4.72 Å². The first-order valence-corrected chi connectivity index (χ1v) is 7.08. The van der Waals surface area contributed by atoms with Crippen LogP contribution in [-0.4, -0.2) is 13.5 Å². The highest BCUT2D eigenvalue weighted by molar-refractivity contribution is 7.92. The topological polar surface area (TPSA) is 66.4 Å². The molecule has 0 atom stereocenters. The second-order valence-corrected chi connectivity index (χ2v) is 5.69. The summed E-state index contributed by atoms with van der Waals surface area (Å²) in [6, 6.07) is 7.94. The lowest BCUT2D eigenvalue weighted by molar-refractivity contribution is 0.281. The summed E-state index contributed by atoms with van der Waals surface area (Å²) in [6.45, 7) is -0.386. The Balaban J connectivity index is 2.33. The number of nitrogens with one attached hydrogen (secondary N) is 1. The summed E-state index contributed by atoms with van der Waals surface area (Å²) in [5.41, 5.74) is 0.389. The van der Waals surface area contributed by atoms with E-state index in [-0.39, 0.29) is 17.9 Å². The van der Waals surface area contributed by atoms with Gasteiger partial charge in [0.05, 0.1) is 6.61 Å². The lowest BCUT2D eigenvalue weighted by Crippen LogP contribution is -2.14. The molecule has 7 heteroatoms. The van der Waals surface area contributed by atoms with Crippen molar-refractivity contribution >= 4 is 15.7 Å². The van der Waals surface area contributed by atoms with E-state index >= 15 is 0 Å².